The molecular weight excluding hydrogens is 365 g/mol. The van der Waals surface area contributed by atoms with Gasteiger partial charge >= 0.3 is 6.03 Å². The normalized spacial score (nSPS) is 19.1. The summed E-state index contributed by atoms with van der Waals surface area (Å²) in [6.45, 7) is -0.284. The molecule has 0 radical (unpaired) electrons. The fourth-order valence-electron chi connectivity index (χ4n) is 2.09. The maximum Gasteiger partial charge on any atom is 0.315 e. The van der Waals surface area contributed by atoms with E-state index in [9.17, 15) is 18.0 Å². The Morgan fingerprint density at radius 3 is 2.65 bits per heavy atom. The van der Waals surface area contributed by atoms with Crippen LogP contribution in [0.3, 0.4) is 0 Å². The Balaban J connectivity index is 1.78. The summed E-state index contributed by atoms with van der Waals surface area (Å²) in [6.07, 6.45) is 0.375. The molecule has 0 saturated carbocycles. The first-order valence-corrected chi connectivity index (χ1v) is 9.32. The minimum Gasteiger partial charge on any atom is -0.334 e. The summed E-state index contributed by atoms with van der Waals surface area (Å²) in [4.78, 5) is 23.4. The maximum absolute atomic E-state index is 11.8. The average Bonchev–Trinajstić information content (AvgIpc) is 2.79. The van der Waals surface area contributed by atoms with Gasteiger partial charge in [0.1, 0.15) is 0 Å². The molecule has 1 aliphatic heterocycles. The highest BCUT2D eigenvalue weighted by Gasteiger charge is 2.28. The van der Waals surface area contributed by atoms with E-state index in [1.54, 1.807) is 12.1 Å². The van der Waals surface area contributed by atoms with Crippen molar-refractivity contribution in [2.45, 2.75) is 12.5 Å². The Morgan fingerprint density at radius 1 is 1.26 bits per heavy atom. The van der Waals surface area contributed by atoms with Gasteiger partial charge in [-0.3, -0.25) is 4.79 Å². The number of carbonyl (C=O) groups is 2. The van der Waals surface area contributed by atoms with Crippen LogP contribution in [0.5, 0.6) is 0 Å². The largest absolute Gasteiger partial charge is 0.334 e. The van der Waals surface area contributed by atoms with Crippen molar-refractivity contribution in [2.75, 3.05) is 23.4 Å². The Morgan fingerprint density at radius 2 is 2.00 bits per heavy atom. The molecule has 0 bridgehead atoms. The predicted octanol–water partition coefficient (Wildman–Crippen LogP) is 1.42. The molecule has 126 valence electrons. The number of nitrogens with one attached hydrogen (secondary N) is 3. The Bertz CT molecular complexity index is 724. The lowest BCUT2D eigenvalue weighted by molar-refractivity contribution is -0.115. The zero-order valence-corrected chi connectivity index (χ0v) is 14.3. The predicted molar refractivity (Wildman–Crippen MR) is 88.7 cm³/mol. The van der Waals surface area contributed by atoms with Crippen LogP contribution >= 0.6 is 23.2 Å². The number of carbonyl (C=O) groups excluding carboxylic acids is 2. The van der Waals surface area contributed by atoms with Gasteiger partial charge in [0, 0.05) is 11.1 Å². The number of anilines is 1. The second kappa shape index (κ2) is 7.37. The Kier molecular flexibility index (Phi) is 5.72. The molecule has 2 rings (SSSR count). The van der Waals surface area contributed by atoms with Gasteiger partial charge in [0.2, 0.25) is 5.91 Å². The summed E-state index contributed by atoms with van der Waals surface area (Å²) < 4.78 is 22.6. The van der Waals surface area contributed by atoms with E-state index in [1.807, 2.05) is 0 Å². The molecule has 0 spiro atoms. The van der Waals surface area contributed by atoms with Crippen molar-refractivity contribution in [3.8, 4) is 0 Å². The SMILES string of the molecule is O=C(CNC(=O)NC1CCS(=O)(=O)C1)Nc1cc(Cl)ccc1Cl. The topological polar surface area (TPSA) is 104 Å². The molecule has 1 unspecified atom stereocenters. The zero-order chi connectivity index (χ0) is 17.0. The molecule has 10 heteroatoms. The molecule has 3 amide bonds. The number of rotatable bonds is 4. The second-order valence-electron chi connectivity index (χ2n) is 5.10. The van der Waals surface area contributed by atoms with Crippen LogP contribution in [0.15, 0.2) is 18.2 Å². The number of benzene rings is 1. The molecule has 1 aromatic carbocycles. The molecule has 1 saturated heterocycles. The highest BCUT2D eigenvalue weighted by Crippen LogP contribution is 2.25. The molecule has 0 aromatic heterocycles. The first-order chi connectivity index (χ1) is 10.7. The second-order valence-corrected chi connectivity index (χ2v) is 8.17. The summed E-state index contributed by atoms with van der Waals surface area (Å²) >= 11 is 11.7. The summed E-state index contributed by atoms with van der Waals surface area (Å²) in [5, 5.41) is 8.13. The first kappa shape index (κ1) is 17.8. The Labute approximate surface area is 143 Å². The van der Waals surface area contributed by atoms with E-state index in [2.05, 4.69) is 16.0 Å². The fourth-order valence-corrected chi connectivity index (χ4v) is 4.10. The van der Waals surface area contributed by atoms with Crippen LogP contribution in [0.4, 0.5) is 10.5 Å². The first-order valence-electron chi connectivity index (χ1n) is 6.75. The van der Waals surface area contributed by atoms with Crippen LogP contribution in [0.25, 0.3) is 0 Å². The summed E-state index contributed by atoms with van der Waals surface area (Å²) in [6, 6.07) is 3.59. The van der Waals surface area contributed by atoms with Crippen LogP contribution in [-0.2, 0) is 14.6 Å². The zero-order valence-electron chi connectivity index (χ0n) is 11.9. The lowest BCUT2D eigenvalue weighted by atomic mass is 10.3. The third kappa shape index (κ3) is 5.56. The van der Waals surface area contributed by atoms with E-state index in [0.717, 1.165) is 0 Å². The van der Waals surface area contributed by atoms with Gasteiger partial charge in [0.15, 0.2) is 9.84 Å². The smallest absolute Gasteiger partial charge is 0.315 e. The van der Waals surface area contributed by atoms with Crippen LogP contribution in [0.1, 0.15) is 6.42 Å². The van der Waals surface area contributed by atoms with E-state index >= 15 is 0 Å². The number of amides is 3. The standard InChI is InChI=1S/C13H15Cl2N3O4S/c14-8-1-2-10(15)11(5-8)18-12(19)6-16-13(20)17-9-3-4-23(21,22)7-9/h1-2,5,9H,3-4,6-7H2,(H,18,19)(H2,16,17,20). The van der Waals surface area contributed by atoms with Gasteiger partial charge in [0.25, 0.3) is 0 Å². The summed E-state index contributed by atoms with van der Waals surface area (Å²) in [5.74, 6) is -0.500. The molecule has 7 nitrogen and oxygen atoms in total. The van der Waals surface area contributed by atoms with Crippen LogP contribution in [0, 0.1) is 0 Å². The van der Waals surface area contributed by atoms with Crippen LogP contribution < -0.4 is 16.0 Å². The van der Waals surface area contributed by atoms with Crippen molar-refractivity contribution in [1.29, 1.82) is 0 Å². The summed E-state index contributed by atoms with van der Waals surface area (Å²) in [5.41, 5.74) is 0.341. The van der Waals surface area contributed by atoms with Crippen molar-refractivity contribution < 1.29 is 18.0 Å². The molecule has 3 N–H and O–H groups in total. The number of urea groups is 1. The number of halogens is 2. The molecule has 1 aromatic rings. The minimum absolute atomic E-state index is 0.0612. The van der Waals surface area contributed by atoms with E-state index in [0.29, 0.717) is 22.2 Å². The third-order valence-electron chi connectivity index (χ3n) is 3.18. The Hall–Kier alpha value is -1.51. The quantitative estimate of drug-likeness (QED) is 0.735. The van der Waals surface area contributed by atoms with Gasteiger partial charge in [0.05, 0.1) is 28.8 Å². The van der Waals surface area contributed by atoms with Crippen molar-refractivity contribution in [3.63, 3.8) is 0 Å². The van der Waals surface area contributed by atoms with Crippen LogP contribution in [0.2, 0.25) is 10.0 Å². The fraction of sp³-hybridized carbons (Fsp3) is 0.385. The van der Waals surface area contributed by atoms with E-state index in [-0.39, 0.29) is 18.1 Å². The van der Waals surface area contributed by atoms with Gasteiger partial charge in [-0.05, 0) is 24.6 Å². The lowest BCUT2D eigenvalue weighted by Crippen LogP contribution is -2.45. The molecule has 0 aliphatic carbocycles. The van der Waals surface area contributed by atoms with Crippen molar-refractivity contribution in [1.82, 2.24) is 10.6 Å². The number of sulfone groups is 1. The van der Waals surface area contributed by atoms with Gasteiger partial charge < -0.3 is 16.0 Å². The molecular formula is C13H15Cl2N3O4S. The van der Waals surface area contributed by atoms with Gasteiger partial charge in [-0.15, -0.1) is 0 Å². The molecule has 1 fully saturated rings. The maximum atomic E-state index is 11.8. The van der Waals surface area contributed by atoms with Crippen LogP contribution in [-0.4, -0.2) is 44.4 Å². The highest BCUT2D eigenvalue weighted by atomic mass is 35.5. The van der Waals surface area contributed by atoms with Crippen molar-refractivity contribution in [2.24, 2.45) is 0 Å². The molecule has 23 heavy (non-hydrogen) atoms. The van der Waals surface area contributed by atoms with E-state index < -0.39 is 27.8 Å². The third-order valence-corrected chi connectivity index (χ3v) is 5.51. The van der Waals surface area contributed by atoms with Gasteiger partial charge in [-0.2, -0.15) is 0 Å². The molecule has 1 atom stereocenters. The van der Waals surface area contributed by atoms with E-state index in [4.69, 9.17) is 23.2 Å². The monoisotopic (exact) mass is 379 g/mol. The van der Waals surface area contributed by atoms with Gasteiger partial charge in [-0.25, -0.2) is 13.2 Å². The summed E-state index contributed by atoms with van der Waals surface area (Å²) in [7, 11) is -3.07. The molecule has 1 heterocycles. The van der Waals surface area contributed by atoms with Crippen molar-refractivity contribution in [3.05, 3.63) is 28.2 Å². The van der Waals surface area contributed by atoms with Crippen molar-refractivity contribution >= 4 is 50.7 Å². The lowest BCUT2D eigenvalue weighted by Gasteiger charge is -2.12. The average molecular weight is 380 g/mol. The minimum atomic E-state index is -3.07. The highest BCUT2D eigenvalue weighted by molar-refractivity contribution is 7.91. The molecule has 1 aliphatic rings. The van der Waals surface area contributed by atoms with E-state index in [1.165, 1.54) is 6.07 Å². The number of hydrogen-bond acceptors (Lipinski definition) is 4. The number of hydrogen-bond donors (Lipinski definition) is 3. The van der Waals surface area contributed by atoms with Gasteiger partial charge in [-0.1, -0.05) is 23.2 Å².